The standard InChI is InChI=1S/C12H12N4O3/c1-2-9(14-7-17)10(18)11-15-12(19-16-11)8-3-5-13-6-4-8/h3-7,9H,2H2,1H3,(H,14,17). The zero-order chi connectivity index (χ0) is 13.7. The average molecular weight is 260 g/mol. The van der Waals surface area contributed by atoms with Crippen molar-refractivity contribution in [1.29, 1.82) is 0 Å². The molecule has 0 aliphatic heterocycles. The molecule has 0 aromatic carbocycles. The van der Waals surface area contributed by atoms with Crippen LogP contribution in [0.4, 0.5) is 0 Å². The number of carbonyl (C=O) groups excluding carboxylic acids is 2. The summed E-state index contributed by atoms with van der Waals surface area (Å²) >= 11 is 0. The number of carbonyl (C=O) groups is 2. The van der Waals surface area contributed by atoms with Gasteiger partial charge < -0.3 is 9.84 Å². The van der Waals surface area contributed by atoms with Crippen molar-refractivity contribution >= 4 is 12.2 Å². The number of ketones is 1. The highest BCUT2D eigenvalue weighted by atomic mass is 16.5. The smallest absolute Gasteiger partial charge is 0.258 e. The highest BCUT2D eigenvalue weighted by Crippen LogP contribution is 2.16. The molecule has 98 valence electrons. The minimum Gasteiger partial charge on any atom is -0.348 e. The molecule has 0 saturated carbocycles. The van der Waals surface area contributed by atoms with E-state index in [1.807, 2.05) is 0 Å². The van der Waals surface area contributed by atoms with Crippen molar-refractivity contribution in [1.82, 2.24) is 20.4 Å². The van der Waals surface area contributed by atoms with Gasteiger partial charge in [-0.1, -0.05) is 12.1 Å². The van der Waals surface area contributed by atoms with Gasteiger partial charge in [-0.05, 0) is 18.6 Å². The summed E-state index contributed by atoms with van der Waals surface area (Å²) < 4.78 is 5.02. The van der Waals surface area contributed by atoms with Crippen molar-refractivity contribution in [3.63, 3.8) is 0 Å². The highest BCUT2D eigenvalue weighted by molar-refractivity contribution is 5.97. The monoisotopic (exact) mass is 260 g/mol. The number of nitrogens with zero attached hydrogens (tertiary/aromatic N) is 3. The lowest BCUT2D eigenvalue weighted by atomic mass is 10.1. The number of hydrogen-bond donors (Lipinski definition) is 1. The van der Waals surface area contributed by atoms with Gasteiger partial charge in [-0.2, -0.15) is 4.98 Å². The minimum atomic E-state index is -0.639. The highest BCUT2D eigenvalue weighted by Gasteiger charge is 2.23. The fourth-order valence-corrected chi connectivity index (χ4v) is 1.55. The molecule has 1 amide bonds. The van der Waals surface area contributed by atoms with Gasteiger partial charge in [0.1, 0.15) is 0 Å². The predicted octanol–water partition coefficient (Wildman–Crippen LogP) is 0.839. The topological polar surface area (TPSA) is 98.0 Å². The Balaban J connectivity index is 2.21. The summed E-state index contributed by atoms with van der Waals surface area (Å²) in [7, 11) is 0. The van der Waals surface area contributed by atoms with E-state index in [9.17, 15) is 9.59 Å². The van der Waals surface area contributed by atoms with Crippen LogP contribution in [0.2, 0.25) is 0 Å². The van der Waals surface area contributed by atoms with Crippen LogP contribution in [-0.4, -0.2) is 33.4 Å². The van der Waals surface area contributed by atoms with Crippen molar-refractivity contribution in [2.75, 3.05) is 0 Å². The first-order chi connectivity index (χ1) is 9.26. The Kier molecular flexibility index (Phi) is 3.97. The largest absolute Gasteiger partial charge is 0.348 e. The number of aromatic nitrogens is 3. The zero-order valence-electron chi connectivity index (χ0n) is 10.2. The summed E-state index contributed by atoms with van der Waals surface area (Å²) in [5.74, 6) is -0.182. The van der Waals surface area contributed by atoms with E-state index in [0.29, 0.717) is 18.4 Å². The molecule has 2 aromatic heterocycles. The van der Waals surface area contributed by atoms with Gasteiger partial charge in [-0.25, -0.2) is 0 Å². The Morgan fingerprint density at radius 2 is 2.21 bits per heavy atom. The van der Waals surface area contributed by atoms with E-state index in [1.165, 1.54) is 0 Å². The second-order valence-electron chi connectivity index (χ2n) is 3.77. The first-order valence-electron chi connectivity index (χ1n) is 5.74. The van der Waals surface area contributed by atoms with Gasteiger partial charge >= 0.3 is 0 Å². The minimum absolute atomic E-state index is 0.0481. The maximum absolute atomic E-state index is 12.0. The van der Waals surface area contributed by atoms with Gasteiger partial charge in [0.15, 0.2) is 0 Å². The molecule has 0 fully saturated rings. The molecule has 1 atom stereocenters. The summed E-state index contributed by atoms with van der Waals surface area (Å²) in [6, 6.07) is 2.76. The molecular formula is C12H12N4O3. The molecule has 0 aliphatic rings. The molecule has 7 nitrogen and oxygen atoms in total. The van der Waals surface area contributed by atoms with E-state index in [1.54, 1.807) is 31.5 Å². The van der Waals surface area contributed by atoms with Crippen LogP contribution in [0.5, 0.6) is 0 Å². The van der Waals surface area contributed by atoms with Gasteiger partial charge in [-0.3, -0.25) is 14.6 Å². The maximum Gasteiger partial charge on any atom is 0.258 e. The molecule has 2 rings (SSSR count). The van der Waals surface area contributed by atoms with E-state index < -0.39 is 6.04 Å². The van der Waals surface area contributed by atoms with Crippen molar-refractivity contribution in [3.05, 3.63) is 30.4 Å². The maximum atomic E-state index is 12.0. The quantitative estimate of drug-likeness (QED) is 0.610. The van der Waals surface area contributed by atoms with Crippen LogP contribution in [0.25, 0.3) is 11.5 Å². The fraction of sp³-hybridized carbons (Fsp3) is 0.250. The van der Waals surface area contributed by atoms with Crippen LogP contribution >= 0.6 is 0 Å². The van der Waals surface area contributed by atoms with Crippen LogP contribution in [-0.2, 0) is 4.79 Å². The second kappa shape index (κ2) is 5.85. The van der Waals surface area contributed by atoms with Crippen LogP contribution < -0.4 is 5.32 Å². The summed E-state index contributed by atoms with van der Waals surface area (Å²) in [4.78, 5) is 30.3. The molecule has 7 heteroatoms. The van der Waals surface area contributed by atoms with E-state index in [2.05, 4.69) is 20.4 Å². The fourth-order valence-electron chi connectivity index (χ4n) is 1.55. The van der Waals surface area contributed by atoms with Crippen LogP contribution in [0.15, 0.2) is 29.0 Å². The van der Waals surface area contributed by atoms with Gasteiger partial charge in [0, 0.05) is 18.0 Å². The summed E-state index contributed by atoms with van der Waals surface area (Å²) in [6.45, 7) is 1.78. The average Bonchev–Trinajstić information content (AvgIpc) is 2.95. The van der Waals surface area contributed by atoms with Crippen LogP contribution in [0.3, 0.4) is 0 Å². The Labute approximate surface area is 109 Å². The Morgan fingerprint density at radius 3 is 2.84 bits per heavy atom. The Hall–Kier alpha value is -2.57. The molecule has 0 saturated heterocycles. The molecule has 2 aromatic rings. The van der Waals surface area contributed by atoms with E-state index in [0.717, 1.165) is 0 Å². The van der Waals surface area contributed by atoms with Gasteiger partial charge in [0.2, 0.25) is 18.0 Å². The number of rotatable bonds is 6. The number of amides is 1. The molecule has 1 unspecified atom stereocenters. The van der Waals surface area contributed by atoms with Gasteiger partial charge in [-0.15, -0.1) is 0 Å². The van der Waals surface area contributed by atoms with Crippen molar-refractivity contribution in [2.24, 2.45) is 0 Å². The van der Waals surface area contributed by atoms with E-state index in [-0.39, 0.29) is 17.5 Å². The van der Waals surface area contributed by atoms with Gasteiger partial charge in [0.25, 0.3) is 5.89 Å². The SMILES string of the molecule is CCC(NC=O)C(=O)c1noc(-c2ccncc2)n1. The molecule has 0 radical (unpaired) electrons. The van der Waals surface area contributed by atoms with Crippen molar-refractivity contribution in [3.8, 4) is 11.5 Å². The first kappa shape index (κ1) is 12.9. The summed E-state index contributed by atoms with van der Waals surface area (Å²) in [6.07, 6.45) is 4.11. The molecule has 0 spiro atoms. The number of nitrogens with one attached hydrogen (secondary N) is 1. The van der Waals surface area contributed by atoms with Crippen LogP contribution in [0, 0.1) is 0 Å². The van der Waals surface area contributed by atoms with E-state index >= 15 is 0 Å². The summed E-state index contributed by atoms with van der Waals surface area (Å²) in [5, 5.41) is 6.05. The Bertz CT molecular complexity index is 567. The third kappa shape index (κ3) is 2.82. The van der Waals surface area contributed by atoms with Crippen LogP contribution in [0.1, 0.15) is 24.0 Å². The third-order valence-corrected chi connectivity index (χ3v) is 2.57. The van der Waals surface area contributed by atoms with Gasteiger partial charge in [0.05, 0.1) is 6.04 Å². The van der Waals surface area contributed by atoms with Crippen molar-refractivity contribution < 1.29 is 14.1 Å². The second-order valence-corrected chi connectivity index (χ2v) is 3.77. The normalized spacial score (nSPS) is 11.8. The Morgan fingerprint density at radius 1 is 1.47 bits per heavy atom. The molecule has 2 heterocycles. The third-order valence-electron chi connectivity index (χ3n) is 2.57. The zero-order valence-corrected chi connectivity index (χ0v) is 10.2. The number of hydrogen-bond acceptors (Lipinski definition) is 6. The number of pyridine rings is 1. The molecular weight excluding hydrogens is 248 g/mol. The molecule has 1 N–H and O–H groups in total. The van der Waals surface area contributed by atoms with Crippen molar-refractivity contribution in [2.45, 2.75) is 19.4 Å². The molecule has 0 bridgehead atoms. The van der Waals surface area contributed by atoms with E-state index in [4.69, 9.17) is 4.52 Å². The lowest BCUT2D eigenvalue weighted by Gasteiger charge is -2.08. The number of Topliss-reactive ketones (excluding diaryl/α,β-unsaturated/α-hetero) is 1. The summed E-state index contributed by atoms with van der Waals surface area (Å²) in [5.41, 5.74) is 0.679. The lowest BCUT2D eigenvalue weighted by Crippen LogP contribution is -2.35. The molecule has 19 heavy (non-hydrogen) atoms. The predicted molar refractivity (Wildman–Crippen MR) is 65.1 cm³/mol. The lowest BCUT2D eigenvalue weighted by molar-refractivity contribution is -0.110. The first-order valence-corrected chi connectivity index (χ1v) is 5.74. The molecule has 0 aliphatic carbocycles.